The fourth-order valence-electron chi connectivity index (χ4n) is 2.89. The lowest BCUT2D eigenvalue weighted by Crippen LogP contribution is -2.29. The van der Waals surface area contributed by atoms with E-state index in [4.69, 9.17) is 5.73 Å². The standard InChI is InChI=1S/C17H17F3N2/c18-17(19,20)15-6-5-13-8-16(22-10-14(13)7-15)12-3-1-11(9-21)2-4-12/h1-4,8,10,15H,5-7,9,21H2. The Morgan fingerprint density at radius 3 is 2.50 bits per heavy atom. The molecule has 3 rings (SSSR count). The summed E-state index contributed by atoms with van der Waals surface area (Å²) in [4.78, 5) is 4.34. The van der Waals surface area contributed by atoms with E-state index in [0.717, 1.165) is 27.9 Å². The van der Waals surface area contributed by atoms with Gasteiger partial charge in [-0.25, -0.2) is 0 Å². The summed E-state index contributed by atoms with van der Waals surface area (Å²) < 4.78 is 38.5. The van der Waals surface area contributed by atoms with Crippen molar-refractivity contribution in [1.29, 1.82) is 0 Å². The van der Waals surface area contributed by atoms with Gasteiger partial charge in [-0.2, -0.15) is 13.2 Å². The van der Waals surface area contributed by atoms with E-state index < -0.39 is 12.1 Å². The van der Waals surface area contributed by atoms with E-state index in [9.17, 15) is 13.2 Å². The van der Waals surface area contributed by atoms with Crippen LogP contribution in [0, 0.1) is 5.92 Å². The highest BCUT2D eigenvalue weighted by Gasteiger charge is 2.41. The number of rotatable bonds is 2. The summed E-state index contributed by atoms with van der Waals surface area (Å²) in [6.45, 7) is 0.483. The van der Waals surface area contributed by atoms with Crippen LogP contribution in [0.2, 0.25) is 0 Å². The van der Waals surface area contributed by atoms with E-state index in [-0.39, 0.29) is 12.8 Å². The van der Waals surface area contributed by atoms with Crippen LogP contribution in [0.1, 0.15) is 23.1 Å². The van der Waals surface area contributed by atoms with Crippen LogP contribution in [0.5, 0.6) is 0 Å². The summed E-state index contributed by atoms with van der Waals surface area (Å²) in [5.41, 5.74) is 10.1. The Kier molecular flexibility index (Phi) is 3.91. The van der Waals surface area contributed by atoms with Crippen LogP contribution in [0.15, 0.2) is 36.5 Å². The SMILES string of the molecule is NCc1ccc(-c2cc3c(cn2)CC(C(F)(F)F)CC3)cc1. The maximum atomic E-state index is 12.8. The molecule has 1 aromatic heterocycles. The molecule has 0 radical (unpaired) electrons. The molecule has 0 saturated heterocycles. The summed E-state index contributed by atoms with van der Waals surface area (Å²) in [5, 5.41) is 0. The number of halogens is 3. The molecule has 0 bridgehead atoms. The molecule has 0 spiro atoms. The molecule has 0 aliphatic heterocycles. The lowest BCUT2D eigenvalue weighted by Gasteiger charge is -2.26. The van der Waals surface area contributed by atoms with Gasteiger partial charge in [0.1, 0.15) is 0 Å². The van der Waals surface area contributed by atoms with Crippen LogP contribution < -0.4 is 5.73 Å². The zero-order valence-corrected chi connectivity index (χ0v) is 12.0. The van der Waals surface area contributed by atoms with Crippen molar-refractivity contribution in [3.63, 3.8) is 0 Å². The van der Waals surface area contributed by atoms with Crippen LogP contribution in [0.25, 0.3) is 11.3 Å². The van der Waals surface area contributed by atoms with E-state index in [1.165, 1.54) is 0 Å². The third-order valence-electron chi connectivity index (χ3n) is 4.26. The number of aryl methyl sites for hydroxylation is 1. The van der Waals surface area contributed by atoms with Crippen LogP contribution in [-0.4, -0.2) is 11.2 Å². The Balaban J connectivity index is 1.86. The maximum Gasteiger partial charge on any atom is 0.392 e. The molecule has 1 heterocycles. The molecule has 1 aliphatic rings. The second kappa shape index (κ2) is 5.72. The molecule has 2 N–H and O–H groups in total. The van der Waals surface area contributed by atoms with Crippen molar-refractivity contribution in [2.24, 2.45) is 11.7 Å². The third kappa shape index (κ3) is 2.99. The minimum atomic E-state index is -4.12. The molecule has 116 valence electrons. The zero-order chi connectivity index (χ0) is 15.7. The first-order chi connectivity index (χ1) is 10.5. The van der Waals surface area contributed by atoms with E-state index in [2.05, 4.69) is 4.98 Å². The van der Waals surface area contributed by atoms with Crippen molar-refractivity contribution in [1.82, 2.24) is 4.98 Å². The molecule has 1 aliphatic carbocycles. The van der Waals surface area contributed by atoms with Crippen LogP contribution in [0.3, 0.4) is 0 Å². The average molecular weight is 306 g/mol. The predicted octanol–water partition coefficient (Wildman–Crippen LogP) is 3.87. The van der Waals surface area contributed by atoms with Gasteiger partial charge in [-0.05, 0) is 42.0 Å². The van der Waals surface area contributed by atoms with Crippen LogP contribution >= 0.6 is 0 Å². The first-order valence-electron chi connectivity index (χ1n) is 7.31. The fraction of sp³-hybridized carbons (Fsp3) is 0.353. The van der Waals surface area contributed by atoms with Gasteiger partial charge in [0, 0.05) is 18.3 Å². The van der Waals surface area contributed by atoms with E-state index >= 15 is 0 Å². The van der Waals surface area contributed by atoms with Crippen molar-refractivity contribution in [2.45, 2.75) is 32.0 Å². The highest BCUT2D eigenvalue weighted by atomic mass is 19.4. The summed E-state index contributed by atoms with van der Waals surface area (Å²) in [7, 11) is 0. The Bertz CT molecular complexity index is 663. The maximum absolute atomic E-state index is 12.8. The molecule has 0 saturated carbocycles. The smallest absolute Gasteiger partial charge is 0.326 e. The second-order valence-corrected chi connectivity index (χ2v) is 5.72. The number of benzene rings is 1. The summed E-state index contributed by atoms with van der Waals surface area (Å²) in [6, 6.07) is 9.68. The molecule has 5 heteroatoms. The van der Waals surface area contributed by atoms with Crippen molar-refractivity contribution in [2.75, 3.05) is 0 Å². The minimum absolute atomic E-state index is 0.0399. The molecule has 1 unspecified atom stereocenters. The highest BCUT2D eigenvalue weighted by molar-refractivity contribution is 5.61. The number of hydrogen-bond donors (Lipinski definition) is 1. The first-order valence-corrected chi connectivity index (χ1v) is 7.31. The Morgan fingerprint density at radius 2 is 1.86 bits per heavy atom. The Morgan fingerprint density at radius 1 is 1.14 bits per heavy atom. The minimum Gasteiger partial charge on any atom is -0.326 e. The number of aromatic nitrogens is 1. The zero-order valence-electron chi connectivity index (χ0n) is 12.0. The van der Waals surface area contributed by atoms with E-state index in [0.29, 0.717) is 13.0 Å². The Labute approximate surface area is 127 Å². The number of pyridine rings is 1. The average Bonchev–Trinajstić information content (AvgIpc) is 2.53. The molecule has 0 amide bonds. The fourth-order valence-corrected chi connectivity index (χ4v) is 2.89. The molecular weight excluding hydrogens is 289 g/mol. The van der Waals surface area contributed by atoms with E-state index in [1.807, 2.05) is 30.3 Å². The second-order valence-electron chi connectivity index (χ2n) is 5.72. The summed E-state index contributed by atoms with van der Waals surface area (Å²) in [6.07, 6.45) is -1.87. The van der Waals surface area contributed by atoms with E-state index in [1.54, 1.807) is 6.20 Å². The van der Waals surface area contributed by atoms with Gasteiger partial charge < -0.3 is 5.73 Å². The van der Waals surface area contributed by atoms with Crippen LogP contribution in [-0.2, 0) is 19.4 Å². The molecule has 2 aromatic rings. The van der Waals surface area contributed by atoms with Gasteiger partial charge in [-0.1, -0.05) is 24.3 Å². The van der Waals surface area contributed by atoms with Gasteiger partial charge in [0.05, 0.1) is 11.6 Å². The van der Waals surface area contributed by atoms with Crippen molar-refractivity contribution < 1.29 is 13.2 Å². The number of hydrogen-bond acceptors (Lipinski definition) is 2. The van der Waals surface area contributed by atoms with Gasteiger partial charge in [0.15, 0.2) is 0 Å². The van der Waals surface area contributed by atoms with Gasteiger partial charge >= 0.3 is 6.18 Å². The predicted molar refractivity (Wildman–Crippen MR) is 79.1 cm³/mol. The van der Waals surface area contributed by atoms with Crippen LogP contribution in [0.4, 0.5) is 13.2 Å². The Hall–Kier alpha value is -1.88. The van der Waals surface area contributed by atoms with Crippen molar-refractivity contribution in [3.05, 3.63) is 53.2 Å². The quantitative estimate of drug-likeness (QED) is 0.914. The van der Waals surface area contributed by atoms with Gasteiger partial charge in [0.2, 0.25) is 0 Å². The molecule has 2 nitrogen and oxygen atoms in total. The lowest BCUT2D eigenvalue weighted by atomic mass is 9.84. The number of nitrogens with zero attached hydrogens (tertiary/aromatic N) is 1. The molecule has 1 aromatic carbocycles. The molecular formula is C17H17F3N2. The number of nitrogens with two attached hydrogens (primary N) is 1. The third-order valence-corrected chi connectivity index (χ3v) is 4.26. The molecule has 1 atom stereocenters. The summed E-state index contributed by atoms with van der Waals surface area (Å²) >= 11 is 0. The largest absolute Gasteiger partial charge is 0.392 e. The van der Waals surface area contributed by atoms with Crippen molar-refractivity contribution >= 4 is 0 Å². The topological polar surface area (TPSA) is 38.9 Å². The monoisotopic (exact) mass is 306 g/mol. The number of fused-ring (bicyclic) bond motifs is 1. The number of alkyl halides is 3. The van der Waals surface area contributed by atoms with Gasteiger partial charge in [-0.3, -0.25) is 4.98 Å². The lowest BCUT2D eigenvalue weighted by molar-refractivity contribution is -0.177. The normalized spacial score (nSPS) is 18.1. The highest BCUT2D eigenvalue weighted by Crippen LogP contribution is 2.37. The molecule has 22 heavy (non-hydrogen) atoms. The summed E-state index contributed by atoms with van der Waals surface area (Å²) in [5.74, 6) is -1.24. The molecule has 0 fully saturated rings. The van der Waals surface area contributed by atoms with Gasteiger partial charge in [-0.15, -0.1) is 0 Å². The first kappa shape index (κ1) is 15.0. The van der Waals surface area contributed by atoms with Gasteiger partial charge in [0.25, 0.3) is 0 Å². The van der Waals surface area contributed by atoms with Crippen molar-refractivity contribution in [3.8, 4) is 11.3 Å².